The largest absolute Gasteiger partial charge is 0.458 e. The topological polar surface area (TPSA) is 98.5 Å². The van der Waals surface area contributed by atoms with E-state index in [9.17, 15) is 19.5 Å². The number of carbonyl (C=O) groups is 2. The van der Waals surface area contributed by atoms with E-state index in [0.29, 0.717) is 41.9 Å². The third kappa shape index (κ3) is 3.61. The van der Waals surface area contributed by atoms with Gasteiger partial charge in [-0.2, -0.15) is 0 Å². The molecule has 0 radical (unpaired) electrons. The van der Waals surface area contributed by atoms with Crippen molar-refractivity contribution in [1.29, 1.82) is 0 Å². The molecule has 0 aliphatic carbocycles. The number of ether oxygens (including phenoxy) is 1. The molecule has 4 aromatic rings. The Hall–Kier alpha value is -4.10. The summed E-state index contributed by atoms with van der Waals surface area (Å²) in [5.41, 5.74) is 4.52. The van der Waals surface area contributed by atoms with Gasteiger partial charge in [-0.3, -0.25) is 9.59 Å². The molecule has 2 aliphatic rings. The van der Waals surface area contributed by atoms with Gasteiger partial charge in [0.2, 0.25) is 0 Å². The number of ketones is 1. The molecule has 2 aromatic carbocycles. The van der Waals surface area contributed by atoms with Crippen LogP contribution >= 0.6 is 0 Å². The Labute approximate surface area is 219 Å². The Kier molecular flexibility index (Phi) is 5.76. The number of hydrogen-bond donors (Lipinski definition) is 1. The second-order valence-electron chi connectivity index (χ2n) is 10.0. The van der Waals surface area contributed by atoms with E-state index in [0.717, 1.165) is 39.6 Å². The van der Waals surface area contributed by atoms with Gasteiger partial charge in [-0.15, -0.1) is 0 Å². The second kappa shape index (κ2) is 9.03. The minimum atomic E-state index is -1.85. The van der Waals surface area contributed by atoms with Crippen molar-refractivity contribution in [3.05, 3.63) is 98.3 Å². The fraction of sp³-hybridized carbons (Fsp3) is 0.290. The van der Waals surface area contributed by atoms with Gasteiger partial charge in [0.1, 0.15) is 6.61 Å². The number of rotatable bonds is 6. The molecule has 192 valence electrons. The highest BCUT2D eigenvalue weighted by atomic mass is 16.6. The molecule has 1 N–H and O–H groups in total. The van der Waals surface area contributed by atoms with Crippen LogP contribution in [0.1, 0.15) is 64.9 Å². The van der Waals surface area contributed by atoms with Crippen LogP contribution in [0.3, 0.4) is 0 Å². The van der Waals surface area contributed by atoms with E-state index in [-0.39, 0.29) is 24.4 Å². The number of aliphatic hydroxyl groups is 1. The van der Waals surface area contributed by atoms with Crippen LogP contribution in [-0.4, -0.2) is 26.4 Å². The van der Waals surface area contributed by atoms with Gasteiger partial charge in [0.15, 0.2) is 11.4 Å². The van der Waals surface area contributed by atoms with Gasteiger partial charge >= 0.3 is 5.97 Å². The molecule has 1 atom stereocenters. The first-order valence-corrected chi connectivity index (χ1v) is 13.1. The highest BCUT2D eigenvalue weighted by Crippen LogP contribution is 2.40. The first-order valence-electron chi connectivity index (χ1n) is 13.1. The number of carbonyl (C=O) groups excluding carboxylic acids is 2. The summed E-state index contributed by atoms with van der Waals surface area (Å²) < 4.78 is 6.85. The molecule has 7 nitrogen and oxygen atoms in total. The molecule has 0 saturated heterocycles. The Balaban J connectivity index is 1.41. The third-order valence-corrected chi connectivity index (χ3v) is 7.96. The quantitative estimate of drug-likeness (QED) is 0.269. The van der Waals surface area contributed by atoms with Crippen LogP contribution in [0.25, 0.3) is 22.3 Å². The van der Waals surface area contributed by atoms with Crippen molar-refractivity contribution in [3.8, 4) is 11.4 Å². The summed E-state index contributed by atoms with van der Waals surface area (Å²) in [6, 6.07) is 17.1. The summed E-state index contributed by atoms with van der Waals surface area (Å²) in [4.78, 5) is 43.5. The van der Waals surface area contributed by atoms with E-state index in [1.165, 1.54) is 0 Å². The molecule has 0 bridgehead atoms. The summed E-state index contributed by atoms with van der Waals surface area (Å²) in [7, 11) is 0. The molecule has 2 aromatic heterocycles. The molecule has 6 rings (SSSR count). The van der Waals surface area contributed by atoms with Crippen LogP contribution in [0.4, 0.5) is 0 Å². The average molecular weight is 509 g/mol. The number of nitrogens with zero attached hydrogens (tertiary/aromatic N) is 2. The molecule has 0 saturated carbocycles. The lowest BCUT2D eigenvalue weighted by Gasteiger charge is -2.31. The molecule has 38 heavy (non-hydrogen) atoms. The van der Waals surface area contributed by atoms with E-state index >= 15 is 0 Å². The zero-order valence-corrected chi connectivity index (χ0v) is 21.4. The minimum Gasteiger partial charge on any atom is -0.458 e. The normalized spacial score (nSPS) is 17.6. The van der Waals surface area contributed by atoms with Gasteiger partial charge in [-0.25, -0.2) is 9.78 Å². The zero-order chi connectivity index (χ0) is 26.6. The van der Waals surface area contributed by atoms with Crippen LogP contribution in [0.2, 0.25) is 0 Å². The maximum Gasteiger partial charge on any atom is 0.343 e. The maximum atomic E-state index is 13.5. The number of Topliss-reactive ketones (excluding diaryl/α,β-unsaturated/α-hetero) is 1. The smallest absolute Gasteiger partial charge is 0.343 e. The van der Waals surface area contributed by atoms with Gasteiger partial charge < -0.3 is 14.4 Å². The number of benzene rings is 2. The molecular formula is C31H28N2O5. The Morgan fingerprint density at radius 3 is 2.61 bits per heavy atom. The van der Waals surface area contributed by atoms with E-state index in [1.807, 2.05) is 42.5 Å². The predicted molar refractivity (Wildman–Crippen MR) is 143 cm³/mol. The van der Waals surface area contributed by atoms with Crippen LogP contribution in [0, 0.1) is 0 Å². The molecular weight excluding hydrogens is 480 g/mol. The van der Waals surface area contributed by atoms with Crippen molar-refractivity contribution in [2.45, 2.75) is 58.3 Å². The van der Waals surface area contributed by atoms with Crippen molar-refractivity contribution in [1.82, 2.24) is 9.55 Å². The Morgan fingerprint density at radius 1 is 1.08 bits per heavy atom. The van der Waals surface area contributed by atoms with Gasteiger partial charge in [-0.1, -0.05) is 50.2 Å². The van der Waals surface area contributed by atoms with Gasteiger partial charge in [0.05, 0.1) is 29.0 Å². The number of fused-ring (bicyclic) bond motifs is 5. The summed E-state index contributed by atoms with van der Waals surface area (Å²) in [5.74, 6) is -0.615. The highest BCUT2D eigenvalue weighted by Gasteiger charge is 2.45. The maximum absolute atomic E-state index is 13.5. The van der Waals surface area contributed by atoms with E-state index in [2.05, 4.69) is 13.0 Å². The number of aryl methyl sites for hydroxylation is 2. The van der Waals surface area contributed by atoms with Crippen molar-refractivity contribution < 1.29 is 19.4 Å². The van der Waals surface area contributed by atoms with Crippen molar-refractivity contribution >= 4 is 22.7 Å². The molecule has 4 heterocycles. The van der Waals surface area contributed by atoms with Crippen molar-refractivity contribution in [3.63, 3.8) is 0 Å². The van der Waals surface area contributed by atoms with E-state index in [4.69, 9.17) is 9.72 Å². The highest BCUT2D eigenvalue weighted by molar-refractivity contribution is 5.96. The monoisotopic (exact) mass is 508 g/mol. The van der Waals surface area contributed by atoms with Crippen LogP contribution in [0.15, 0.2) is 59.4 Å². The number of esters is 1. The van der Waals surface area contributed by atoms with Crippen molar-refractivity contribution in [2.75, 3.05) is 0 Å². The number of aromatic nitrogens is 2. The van der Waals surface area contributed by atoms with E-state index < -0.39 is 11.6 Å². The number of hydrogen-bond acceptors (Lipinski definition) is 6. The summed E-state index contributed by atoms with van der Waals surface area (Å²) in [6.07, 6.45) is 1.90. The molecule has 0 amide bonds. The molecule has 0 fully saturated rings. The summed E-state index contributed by atoms with van der Waals surface area (Å²) in [5, 5.41) is 12.1. The van der Waals surface area contributed by atoms with E-state index in [1.54, 1.807) is 17.6 Å². The first-order chi connectivity index (χ1) is 18.4. The van der Waals surface area contributed by atoms with Crippen molar-refractivity contribution in [2.24, 2.45) is 0 Å². The molecule has 7 heteroatoms. The fourth-order valence-corrected chi connectivity index (χ4v) is 5.79. The van der Waals surface area contributed by atoms with Gasteiger partial charge in [0, 0.05) is 28.5 Å². The lowest BCUT2D eigenvalue weighted by molar-refractivity contribution is -0.172. The third-order valence-electron chi connectivity index (χ3n) is 7.96. The van der Waals surface area contributed by atoms with Crippen LogP contribution in [0.5, 0.6) is 0 Å². The molecule has 2 aliphatic heterocycles. The standard InChI is InChI=1S/C31H28N2O5/c1-3-20-21-14-18(11-13-27(34)19-8-6-5-7-9-19)10-12-25(21)32-28-22(20)16-33-26(28)15-24-23(29(33)35)17-38-30(36)31(24,37)4-2/h5-10,12,14-15,37H,3-4,11,13,16-17H2,1-2H3/t31-/m0/s1. The SMILES string of the molecule is CCc1c2c(nc3ccc(CCC(=O)c4ccccc4)cc13)-c1cc3c(c(=O)n1C2)COC(=O)[C@]3(O)CC. The average Bonchev–Trinajstić information content (AvgIpc) is 3.31. The van der Waals surface area contributed by atoms with Gasteiger partial charge in [0.25, 0.3) is 5.56 Å². The first kappa shape index (κ1) is 24.2. The second-order valence-corrected chi connectivity index (χ2v) is 10.0. The number of cyclic esters (lactones) is 1. The lowest BCUT2D eigenvalue weighted by Crippen LogP contribution is -2.44. The Bertz CT molecular complexity index is 1690. The minimum absolute atomic E-state index is 0.107. The molecule has 0 spiro atoms. The zero-order valence-electron chi connectivity index (χ0n) is 21.4. The number of pyridine rings is 2. The summed E-state index contributed by atoms with van der Waals surface area (Å²) >= 11 is 0. The van der Waals surface area contributed by atoms with Gasteiger partial charge in [-0.05, 0) is 48.6 Å². The summed E-state index contributed by atoms with van der Waals surface area (Å²) in [6.45, 7) is 4.01. The fourth-order valence-electron chi connectivity index (χ4n) is 5.79. The van der Waals surface area contributed by atoms with Crippen LogP contribution < -0.4 is 5.56 Å². The predicted octanol–water partition coefficient (Wildman–Crippen LogP) is 4.46. The van der Waals surface area contributed by atoms with Crippen LogP contribution in [-0.2, 0) is 41.1 Å². The molecule has 0 unspecified atom stereocenters. The lowest BCUT2D eigenvalue weighted by atomic mass is 9.86. The Morgan fingerprint density at radius 2 is 1.87 bits per heavy atom.